The number of oxime groups is 1. The summed E-state index contributed by atoms with van der Waals surface area (Å²) in [5.74, 6) is -0.0954. The molecule has 6 heteroatoms. The molecule has 6 nitrogen and oxygen atoms in total. The molecule has 4 N–H and O–H groups in total. The zero-order chi connectivity index (χ0) is 15.2. The van der Waals surface area contributed by atoms with Crippen LogP contribution in [-0.4, -0.2) is 46.1 Å². The van der Waals surface area contributed by atoms with Gasteiger partial charge in [-0.15, -0.1) is 0 Å². The summed E-state index contributed by atoms with van der Waals surface area (Å²) in [6, 6.07) is 0.0821. The Morgan fingerprint density at radius 2 is 1.90 bits per heavy atom. The number of nitrogens with zero attached hydrogens (tertiary/aromatic N) is 2. The summed E-state index contributed by atoms with van der Waals surface area (Å²) >= 11 is 0. The number of amidine groups is 1. The lowest BCUT2D eigenvalue weighted by atomic mass is 9.82. The summed E-state index contributed by atoms with van der Waals surface area (Å²) in [7, 11) is 0. The van der Waals surface area contributed by atoms with E-state index in [-0.39, 0.29) is 24.4 Å². The van der Waals surface area contributed by atoms with Crippen molar-refractivity contribution in [1.82, 2.24) is 4.90 Å². The quantitative estimate of drug-likeness (QED) is 0.284. The predicted molar refractivity (Wildman–Crippen MR) is 77.5 cm³/mol. The van der Waals surface area contributed by atoms with Crippen molar-refractivity contribution in [2.45, 2.75) is 58.4 Å². The highest BCUT2D eigenvalue weighted by atomic mass is 16.4. The number of carbonyl (C=O) groups excluding carboxylic acids is 1. The second-order valence-electron chi connectivity index (χ2n) is 5.47. The van der Waals surface area contributed by atoms with E-state index in [0.29, 0.717) is 19.4 Å². The Bertz CT molecular complexity index is 348. The molecule has 0 saturated heterocycles. The van der Waals surface area contributed by atoms with Gasteiger partial charge in [0.05, 0.1) is 6.61 Å². The Morgan fingerprint density at radius 1 is 1.35 bits per heavy atom. The molecule has 1 aliphatic rings. The Kier molecular flexibility index (Phi) is 6.26. The van der Waals surface area contributed by atoms with Crippen LogP contribution >= 0.6 is 0 Å². The van der Waals surface area contributed by atoms with Crippen LogP contribution in [0.2, 0.25) is 0 Å². The van der Waals surface area contributed by atoms with Gasteiger partial charge < -0.3 is 20.9 Å². The number of hydrogen-bond donors (Lipinski definition) is 3. The Balaban J connectivity index is 3.07. The molecular formula is C14H27N3O3. The van der Waals surface area contributed by atoms with E-state index in [1.54, 1.807) is 4.90 Å². The first-order valence-electron chi connectivity index (χ1n) is 7.47. The molecule has 1 saturated carbocycles. The molecule has 0 radical (unpaired) electrons. The Hall–Kier alpha value is -1.30. The van der Waals surface area contributed by atoms with E-state index in [1.165, 1.54) is 0 Å². The standard InChI is InChI=1S/C14H27N3O3/c1-3-11(4-2)17(9-10-18)13(19)14(12(15)16-20)7-5-6-8-14/h11,18,20H,3-10H2,1-2H3,(H2,15,16). The second kappa shape index (κ2) is 7.47. The molecule has 1 fully saturated rings. The number of aliphatic hydroxyl groups excluding tert-OH is 1. The Labute approximate surface area is 120 Å². The fourth-order valence-corrected chi connectivity index (χ4v) is 3.22. The molecule has 0 aromatic carbocycles. The molecule has 0 aromatic rings. The predicted octanol–water partition coefficient (Wildman–Crippen LogP) is 1.30. The average molecular weight is 285 g/mol. The smallest absolute Gasteiger partial charge is 0.236 e. The van der Waals surface area contributed by atoms with Crippen LogP contribution in [0.5, 0.6) is 0 Å². The number of amides is 1. The first kappa shape index (κ1) is 16.8. The zero-order valence-electron chi connectivity index (χ0n) is 12.5. The molecule has 0 unspecified atom stereocenters. The number of nitrogens with two attached hydrogens (primary N) is 1. The van der Waals surface area contributed by atoms with Crippen molar-refractivity contribution in [3.63, 3.8) is 0 Å². The summed E-state index contributed by atoms with van der Waals surface area (Å²) < 4.78 is 0. The van der Waals surface area contributed by atoms with E-state index in [0.717, 1.165) is 25.7 Å². The SMILES string of the molecule is CCC(CC)N(CCO)C(=O)C1(C(N)=NO)CCCC1. The number of hydrogen-bond acceptors (Lipinski definition) is 4. The van der Waals surface area contributed by atoms with Gasteiger partial charge in [-0.2, -0.15) is 0 Å². The van der Waals surface area contributed by atoms with Gasteiger partial charge in [-0.25, -0.2) is 0 Å². The van der Waals surface area contributed by atoms with Gasteiger partial charge in [-0.05, 0) is 25.7 Å². The van der Waals surface area contributed by atoms with Crippen LogP contribution in [0, 0.1) is 5.41 Å². The van der Waals surface area contributed by atoms with Crippen LogP contribution in [0.25, 0.3) is 0 Å². The molecule has 0 heterocycles. The minimum atomic E-state index is -0.882. The molecule has 0 aliphatic heterocycles. The molecule has 0 spiro atoms. The molecule has 0 atom stereocenters. The summed E-state index contributed by atoms with van der Waals surface area (Å²) in [6.07, 6.45) is 4.69. The van der Waals surface area contributed by atoms with Gasteiger partial charge in [0.25, 0.3) is 0 Å². The largest absolute Gasteiger partial charge is 0.409 e. The van der Waals surface area contributed by atoms with E-state index in [2.05, 4.69) is 5.16 Å². The number of aliphatic hydroxyl groups is 1. The van der Waals surface area contributed by atoms with E-state index in [1.807, 2.05) is 13.8 Å². The summed E-state index contributed by atoms with van der Waals surface area (Å²) in [5.41, 5.74) is 4.94. The highest BCUT2D eigenvalue weighted by molar-refractivity contribution is 6.07. The normalized spacial score (nSPS) is 18.5. The molecule has 1 amide bonds. The molecule has 20 heavy (non-hydrogen) atoms. The molecule has 116 valence electrons. The fourth-order valence-electron chi connectivity index (χ4n) is 3.22. The van der Waals surface area contributed by atoms with Gasteiger partial charge in [0.15, 0.2) is 5.84 Å². The van der Waals surface area contributed by atoms with Crippen molar-refractivity contribution in [1.29, 1.82) is 0 Å². The monoisotopic (exact) mass is 285 g/mol. The van der Waals surface area contributed by atoms with Crippen molar-refractivity contribution in [2.75, 3.05) is 13.2 Å². The van der Waals surface area contributed by atoms with Crippen LogP contribution in [0.1, 0.15) is 52.4 Å². The fraction of sp³-hybridized carbons (Fsp3) is 0.857. The lowest BCUT2D eigenvalue weighted by molar-refractivity contribution is -0.141. The van der Waals surface area contributed by atoms with Crippen molar-refractivity contribution in [3.8, 4) is 0 Å². The highest BCUT2D eigenvalue weighted by Gasteiger charge is 2.48. The highest BCUT2D eigenvalue weighted by Crippen LogP contribution is 2.40. The third kappa shape index (κ3) is 3.06. The van der Waals surface area contributed by atoms with Gasteiger partial charge >= 0.3 is 0 Å². The van der Waals surface area contributed by atoms with Crippen LogP contribution < -0.4 is 5.73 Å². The molecule has 1 aliphatic carbocycles. The van der Waals surface area contributed by atoms with Crippen LogP contribution in [0.15, 0.2) is 5.16 Å². The topological polar surface area (TPSA) is 99.2 Å². The first-order valence-corrected chi connectivity index (χ1v) is 7.47. The maximum Gasteiger partial charge on any atom is 0.236 e. The third-order valence-electron chi connectivity index (χ3n) is 4.45. The maximum atomic E-state index is 13.0. The van der Waals surface area contributed by atoms with Crippen LogP contribution in [-0.2, 0) is 4.79 Å². The van der Waals surface area contributed by atoms with Crippen molar-refractivity contribution in [3.05, 3.63) is 0 Å². The third-order valence-corrected chi connectivity index (χ3v) is 4.45. The molecule has 1 rings (SSSR count). The van der Waals surface area contributed by atoms with Crippen LogP contribution in [0.4, 0.5) is 0 Å². The molecule has 0 aromatic heterocycles. The average Bonchev–Trinajstić information content (AvgIpc) is 2.96. The minimum absolute atomic E-state index is 0.00824. The van der Waals surface area contributed by atoms with E-state index in [4.69, 9.17) is 10.9 Å². The minimum Gasteiger partial charge on any atom is -0.409 e. The van der Waals surface area contributed by atoms with Gasteiger partial charge in [-0.1, -0.05) is 31.8 Å². The van der Waals surface area contributed by atoms with Gasteiger partial charge in [0.1, 0.15) is 5.41 Å². The van der Waals surface area contributed by atoms with Gasteiger partial charge in [-0.3, -0.25) is 4.79 Å². The van der Waals surface area contributed by atoms with E-state index >= 15 is 0 Å². The van der Waals surface area contributed by atoms with Gasteiger partial charge in [0.2, 0.25) is 5.91 Å². The molecule has 0 bridgehead atoms. The lowest BCUT2D eigenvalue weighted by Gasteiger charge is -2.37. The maximum absolute atomic E-state index is 13.0. The second-order valence-corrected chi connectivity index (χ2v) is 5.47. The van der Waals surface area contributed by atoms with Crippen LogP contribution in [0.3, 0.4) is 0 Å². The summed E-state index contributed by atoms with van der Waals surface area (Å²) in [4.78, 5) is 14.7. The van der Waals surface area contributed by atoms with Crippen molar-refractivity contribution >= 4 is 11.7 Å². The zero-order valence-corrected chi connectivity index (χ0v) is 12.5. The first-order chi connectivity index (χ1) is 9.57. The van der Waals surface area contributed by atoms with E-state index < -0.39 is 5.41 Å². The molecular weight excluding hydrogens is 258 g/mol. The Morgan fingerprint density at radius 3 is 2.30 bits per heavy atom. The number of rotatable bonds is 7. The van der Waals surface area contributed by atoms with Crippen molar-refractivity contribution < 1.29 is 15.1 Å². The van der Waals surface area contributed by atoms with Crippen molar-refractivity contribution in [2.24, 2.45) is 16.3 Å². The van der Waals surface area contributed by atoms with Gasteiger partial charge in [0, 0.05) is 12.6 Å². The van der Waals surface area contributed by atoms with E-state index in [9.17, 15) is 9.90 Å². The summed E-state index contributed by atoms with van der Waals surface area (Å²) in [6.45, 7) is 4.27. The lowest BCUT2D eigenvalue weighted by Crippen LogP contribution is -2.53. The summed E-state index contributed by atoms with van der Waals surface area (Å²) in [5, 5.41) is 21.4. The number of carbonyl (C=O) groups is 1.